The minimum atomic E-state index is 0.0380. The predicted molar refractivity (Wildman–Crippen MR) is 82.3 cm³/mol. The molecule has 4 nitrogen and oxygen atoms in total. The zero-order valence-electron chi connectivity index (χ0n) is 11.8. The van der Waals surface area contributed by atoms with Crippen LogP contribution in [0, 0.1) is 20.8 Å². The van der Waals surface area contributed by atoms with E-state index in [4.69, 9.17) is 0 Å². The molecule has 20 heavy (non-hydrogen) atoms. The highest BCUT2D eigenvalue weighted by Crippen LogP contribution is 2.30. The van der Waals surface area contributed by atoms with Crippen LogP contribution < -0.4 is 4.90 Å². The van der Waals surface area contributed by atoms with Crippen molar-refractivity contribution in [2.45, 2.75) is 27.3 Å². The number of hydrogen-bond acceptors (Lipinski definition) is 2. The Labute approximate surface area is 126 Å². The number of aryl methyl sites for hydroxylation is 3. The molecule has 1 aromatic heterocycles. The van der Waals surface area contributed by atoms with Crippen LogP contribution in [0.25, 0.3) is 0 Å². The van der Waals surface area contributed by atoms with E-state index in [1.165, 1.54) is 0 Å². The molecule has 5 heteroatoms. The Hall–Kier alpha value is -1.62. The second-order valence-corrected chi connectivity index (χ2v) is 6.10. The highest BCUT2D eigenvalue weighted by molar-refractivity contribution is 9.10. The van der Waals surface area contributed by atoms with Crippen LogP contribution in [0.4, 0.5) is 5.69 Å². The summed E-state index contributed by atoms with van der Waals surface area (Å²) in [7, 11) is 0. The molecule has 104 valence electrons. The molecule has 1 aromatic carbocycles. The van der Waals surface area contributed by atoms with Crippen molar-refractivity contribution in [3.05, 3.63) is 45.2 Å². The van der Waals surface area contributed by atoms with E-state index in [0.717, 1.165) is 33.4 Å². The minimum Gasteiger partial charge on any atom is -0.305 e. The van der Waals surface area contributed by atoms with E-state index in [9.17, 15) is 4.79 Å². The van der Waals surface area contributed by atoms with Gasteiger partial charge in [0.1, 0.15) is 5.69 Å². The molecule has 1 amide bonds. The van der Waals surface area contributed by atoms with Gasteiger partial charge in [-0.3, -0.25) is 9.48 Å². The summed E-state index contributed by atoms with van der Waals surface area (Å²) in [6.45, 7) is 7.40. The number of benzene rings is 1. The number of rotatable bonds is 1. The number of anilines is 1. The van der Waals surface area contributed by atoms with E-state index >= 15 is 0 Å². The second kappa shape index (κ2) is 4.74. The summed E-state index contributed by atoms with van der Waals surface area (Å²) < 4.78 is 2.87. The number of carbonyl (C=O) groups excluding carboxylic acids is 1. The lowest BCUT2D eigenvalue weighted by Gasteiger charge is -2.29. The van der Waals surface area contributed by atoms with Crippen LogP contribution in [0.15, 0.2) is 22.8 Å². The zero-order valence-corrected chi connectivity index (χ0v) is 13.4. The molecule has 0 spiro atoms. The lowest BCUT2D eigenvalue weighted by Crippen LogP contribution is -2.41. The predicted octanol–water partition coefficient (Wildman–Crippen LogP) is 3.23. The Morgan fingerprint density at radius 1 is 1.10 bits per heavy atom. The normalized spacial score (nSPS) is 14.6. The molecule has 0 saturated heterocycles. The molecule has 0 atom stereocenters. The SMILES string of the molecule is Cc1cc(N2CCn3ncc(C)c3C2=O)c(C)cc1Br. The maximum Gasteiger partial charge on any atom is 0.276 e. The van der Waals surface area contributed by atoms with Crippen molar-refractivity contribution in [3.8, 4) is 0 Å². The standard InChI is InChI=1S/C15H16BrN3O/c1-9-7-13(10(2)6-12(9)16)18-4-5-19-14(15(18)20)11(3)8-17-19/h6-8H,4-5H2,1-3H3. The van der Waals surface area contributed by atoms with Crippen LogP contribution in [0.1, 0.15) is 27.2 Å². The zero-order chi connectivity index (χ0) is 14.4. The van der Waals surface area contributed by atoms with Gasteiger partial charge in [0.2, 0.25) is 0 Å². The van der Waals surface area contributed by atoms with E-state index in [2.05, 4.69) is 33.2 Å². The Kier molecular flexibility index (Phi) is 3.17. The van der Waals surface area contributed by atoms with Gasteiger partial charge in [0.25, 0.3) is 5.91 Å². The Bertz CT molecular complexity index is 705. The first-order chi connectivity index (χ1) is 9.49. The molecular formula is C15H16BrN3O. The second-order valence-electron chi connectivity index (χ2n) is 5.24. The molecule has 0 saturated carbocycles. The molecule has 0 radical (unpaired) electrons. The van der Waals surface area contributed by atoms with Gasteiger partial charge in [-0.2, -0.15) is 5.10 Å². The van der Waals surface area contributed by atoms with Crippen LogP contribution in [-0.4, -0.2) is 22.2 Å². The fraction of sp³-hybridized carbons (Fsp3) is 0.333. The number of aromatic nitrogens is 2. The number of fused-ring (bicyclic) bond motifs is 1. The van der Waals surface area contributed by atoms with E-state index in [1.54, 1.807) is 10.9 Å². The van der Waals surface area contributed by atoms with Crippen molar-refractivity contribution >= 4 is 27.5 Å². The van der Waals surface area contributed by atoms with Crippen LogP contribution in [0.5, 0.6) is 0 Å². The van der Waals surface area contributed by atoms with E-state index < -0.39 is 0 Å². The molecule has 2 heterocycles. The molecule has 0 aliphatic carbocycles. The lowest BCUT2D eigenvalue weighted by molar-refractivity contribution is 0.0961. The van der Waals surface area contributed by atoms with E-state index in [1.807, 2.05) is 25.7 Å². The molecule has 0 bridgehead atoms. The van der Waals surface area contributed by atoms with E-state index in [0.29, 0.717) is 12.2 Å². The Morgan fingerprint density at radius 2 is 1.85 bits per heavy atom. The molecular weight excluding hydrogens is 318 g/mol. The molecule has 2 aromatic rings. The molecule has 0 fully saturated rings. The molecule has 1 aliphatic rings. The number of nitrogens with zero attached hydrogens (tertiary/aromatic N) is 3. The third kappa shape index (κ3) is 1.97. The number of carbonyl (C=O) groups is 1. The Morgan fingerprint density at radius 3 is 2.60 bits per heavy atom. The van der Waals surface area contributed by atoms with Gasteiger partial charge >= 0.3 is 0 Å². The summed E-state index contributed by atoms with van der Waals surface area (Å²) in [6, 6.07) is 4.13. The van der Waals surface area contributed by atoms with Gasteiger partial charge in [-0.15, -0.1) is 0 Å². The highest BCUT2D eigenvalue weighted by atomic mass is 79.9. The fourth-order valence-corrected chi connectivity index (χ4v) is 3.10. The topological polar surface area (TPSA) is 38.1 Å². The van der Waals surface area contributed by atoms with Crippen molar-refractivity contribution in [3.63, 3.8) is 0 Å². The molecule has 0 N–H and O–H groups in total. The van der Waals surface area contributed by atoms with Crippen molar-refractivity contribution in [1.82, 2.24) is 9.78 Å². The summed E-state index contributed by atoms with van der Waals surface area (Å²) in [4.78, 5) is 14.6. The Balaban J connectivity index is 2.07. The molecule has 1 aliphatic heterocycles. The quantitative estimate of drug-likeness (QED) is 0.803. The fourth-order valence-electron chi connectivity index (χ4n) is 2.64. The van der Waals surface area contributed by atoms with Gasteiger partial charge in [0, 0.05) is 22.3 Å². The van der Waals surface area contributed by atoms with Gasteiger partial charge in [-0.25, -0.2) is 0 Å². The number of halogens is 1. The third-order valence-corrected chi connectivity index (χ3v) is 4.63. The average molecular weight is 334 g/mol. The largest absolute Gasteiger partial charge is 0.305 e. The van der Waals surface area contributed by atoms with Crippen LogP contribution in [0.3, 0.4) is 0 Å². The van der Waals surface area contributed by atoms with Crippen LogP contribution in [0.2, 0.25) is 0 Å². The average Bonchev–Trinajstić information content (AvgIpc) is 2.77. The smallest absolute Gasteiger partial charge is 0.276 e. The van der Waals surface area contributed by atoms with Crippen molar-refractivity contribution in [2.75, 3.05) is 11.4 Å². The lowest BCUT2D eigenvalue weighted by atomic mass is 10.1. The first-order valence-corrected chi connectivity index (χ1v) is 7.39. The van der Waals surface area contributed by atoms with Gasteiger partial charge in [-0.1, -0.05) is 15.9 Å². The first-order valence-electron chi connectivity index (χ1n) is 6.60. The number of hydrogen-bond donors (Lipinski definition) is 0. The summed E-state index contributed by atoms with van der Waals surface area (Å²) in [5, 5.41) is 4.25. The van der Waals surface area contributed by atoms with Crippen molar-refractivity contribution in [1.29, 1.82) is 0 Å². The van der Waals surface area contributed by atoms with Gasteiger partial charge in [-0.05, 0) is 44.0 Å². The molecule has 3 rings (SSSR count). The number of amides is 1. The summed E-state index contributed by atoms with van der Waals surface area (Å²) >= 11 is 3.53. The van der Waals surface area contributed by atoms with Gasteiger partial charge in [0.05, 0.1) is 12.7 Å². The first kappa shape index (κ1) is 13.4. The minimum absolute atomic E-state index is 0.0380. The maximum absolute atomic E-state index is 12.7. The summed E-state index contributed by atoms with van der Waals surface area (Å²) in [5.41, 5.74) is 4.86. The monoisotopic (exact) mass is 333 g/mol. The molecule has 0 unspecified atom stereocenters. The van der Waals surface area contributed by atoms with Gasteiger partial charge in [0.15, 0.2) is 0 Å². The summed E-state index contributed by atoms with van der Waals surface area (Å²) in [6.07, 6.45) is 1.76. The third-order valence-electron chi connectivity index (χ3n) is 3.77. The van der Waals surface area contributed by atoms with Gasteiger partial charge < -0.3 is 4.90 Å². The van der Waals surface area contributed by atoms with Crippen molar-refractivity contribution in [2.24, 2.45) is 0 Å². The van der Waals surface area contributed by atoms with E-state index in [-0.39, 0.29) is 5.91 Å². The van der Waals surface area contributed by atoms with Crippen LogP contribution in [-0.2, 0) is 6.54 Å². The maximum atomic E-state index is 12.7. The van der Waals surface area contributed by atoms with Crippen molar-refractivity contribution < 1.29 is 4.79 Å². The van der Waals surface area contributed by atoms with Crippen LogP contribution >= 0.6 is 15.9 Å². The highest BCUT2D eigenvalue weighted by Gasteiger charge is 2.29. The summed E-state index contributed by atoms with van der Waals surface area (Å²) in [5.74, 6) is 0.0380.